The quantitative estimate of drug-likeness (QED) is 0.707. The molecular weight excluding hydrogens is 220 g/mol. The number of nitrogens with zero attached hydrogens (tertiary/aromatic N) is 3. The highest BCUT2D eigenvalue weighted by Gasteiger charge is 2.05. The molecule has 0 saturated heterocycles. The minimum atomic E-state index is -0.536. The molecule has 0 fully saturated rings. The third-order valence-corrected chi connectivity index (χ3v) is 1.81. The molecular formula is C8H7ClN4O2. The van der Waals surface area contributed by atoms with Crippen molar-refractivity contribution in [1.29, 1.82) is 5.26 Å². The summed E-state index contributed by atoms with van der Waals surface area (Å²) in [5.41, 5.74) is -0.536. The maximum absolute atomic E-state index is 11.3. The molecule has 0 radical (unpaired) electrons. The van der Waals surface area contributed by atoms with Gasteiger partial charge in [-0.25, -0.2) is 4.98 Å². The van der Waals surface area contributed by atoms with Crippen LogP contribution in [-0.2, 0) is 11.3 Å². The van der Waals surface area contributed by atoms with Crippen molar-refractivity contribution in [3.05, 3.63) is 27.9 Å². The normalized spacial score (nSPS) is 9.33. The van der Waals surface area contributed by atoms with Crippen LogP contribution < -0.4 is 10.9 Å². The molecule has 1 amide bonds. The van der Waals surface area contributed by atoms with Crippen LogP contribution in [0.5, 0.6) is 0 Å². The van der Waals surface area contributed by atoms with Gasteiger partial charge >= 0.3 is 0 Å². The number of nitriles is 1. The summed E-state index contributed by atoms with van der Waals surface area (Å²) in [6.07, 6.45) is 2.67. The number of halogens is 1. The van der Waals surface area contributed by atoms with Gasteiger partial charge in [-0.1, -0.05) is 11.6 Å². The summed E-state index contributed by atoms with van der Waals surface area (Å²) in [7, 11) is 0. The summed E-state index contributed by atoms with van der Waals surface area (Å²) in [5.74, 6) is -0.430. The van der Waals surface area contributed by atoms with Gasteiger partial charge in [0.05, 0.1) is 6.07 Å². The molecule has 0 aliphatic heterocycles. The highest BCUT2D eigenvalue weighted by atomic mass is 35.5. The van der Waals surface area contributed by atoms with E-state index in [0.29, 0.717) is 0 Å². The van der Waals surface area contributed by atoms with E-state index in [-0.39, 0.29) is 18.2 Å². The molecule has 6 nitrogen and oxygen atoms in total. The van der Waals surface area contributed by atoms with E-state index >= 15 is 0 Å². The fourth-order valence-corrected chi connectivity index (χ4v) is 1.06. The second-order valence-corrected chi connectivity index (χ2v) is 2.94. The van der Waals surface area contributed by atoms with Crippen molar-refractivity contribution in [3.63, 3.8) is 0 Å². The Balaban J connectivity index is 2.74. The van der Waals surface area contributed by atoms with Crippen molar-refractivity contribution in [2.75, 3.05) is 6.54 Å². The molecule has 0 saturated carbocycles. The van der Waals surface area contributed by atoms with Crippen LogP contribution in [0.2, 0.25) is 5.15 Å². The Bertz CT molecular complexity index is 462. The Morgan fingerprint density at radius 3 is 3.13 bits per heavy atom. The number of nitrogens with one attached hydrogen (secondary N) is 1. The Labute approximate surface area is 90.1 Å². The van der Waals surface area contributed by atoms with E-state index in [2.05, 4.69) is 10.3 Å². The van der Waals surface area contributed by atoms with Crippen LogP contribution in [0.15, 0.2) is 17.2 Å². The minimum absolute atomic E-state index is 0.0909. The van der Waals surface area contributed by atoms with E-state index in [9.17, 15) is 9.59 Å². The summed E-state index contributed by atoms with van der Waals surface area (Å²) in [4.78, 5) is 26.0. The van der Waals surface area contributed by atoms with E-state index in [4.69, 9.17) is 16.9 Å². The smallest absolute Gasteiger partial charge is 0.288 e. The van der Waals surface area contributed by atoms with Crippen LogP contribution in [0.1, 0.15) is 0 Å². The largest absolute Gasteiger partial charge is 0.341 e. The third kappa shape index (κ3) is 3.07. The lowest BCUT2D eigenvalue weighted by Gasteiger charge is -2.04. The van der Waals surface area contributed by atoms with Crippen LogP contribution in [0.3, 0.4) is 0 Å². The molecule has 0 spiro atoms. The average Bonchev–Trinajstić information content (AvgIpc) is 2.22. The van der Waals surface area contributed by atoms with Crippen molar-refractivity contribution in [2.45, 2.75) is 6.54 Å². The Morgan fingerprint density at radius 1 is 1.73 bits per heavy atom. The second-order valence-electron chi connectivity index (χ2n) is 2.59. The fraction of sp³-hybridized carbons (Fsp3) is 0.250. The van der Waals surface area contributed by atoms with E-state index in [1.165, 1.54) is 12.4 Å². The average molecular weight is 227 g/mol. The van der Waals surface area contributed by atoms with Crippen molar-refractivity contribution in [3.8, 4) is 6.07 Å². The Kier molecular flexibility index (Phi) is 3.83. The van der Waals surface area contributed by atoms with Gasteiger partial charge in [-0.3, -0.25) is 9.59 Å². The van der Waals surface area contributed by atoms with Gasteiger partial charge in [0.1, 0.15) is 13.1 Å². The standard InChI is InChI=1S/C8H7ClN4O2/c9-7-8(15)13(4-3-12-7)5-6(14)11-2-1-10/h3-4H,2,5H2,(H,11,14). The molecule has 1 heterocycles. The van der Waals surface area contributed by atoms with Crippen molar-refractivity contribution < 1.29 is 4.79 Å². The molecule has 0 bridgehead atoms. The lowest BCUT2D eigenvalue weighted by atomic mass is 10.5. The number of rotatable bonds is 3. The maximum atomic E-state index is 11.3. The SMILES string of the molecule is N#CCNC(=O)Cn1ccnc(Cl)c1=O. The predicted molar refractivity (Wildman–Crippen MR) is 52.1 cm³/mol. The first kappa shape index (κ1) is 11.2. The molecule has 1 rings (SSSR count). The number of hydrogen-bond acceptors (Lipinski definition) is 4. The molecule has 0 aliphatic rings. The molecule has 78 valence electrons. The number of aromatic nitrogens is 2. The van der Waals surface area contributed by atoms with Crippen molar-refractivity contribution >= 4 is 17.5 Å². The number of hydrogen-bond donors (Lipinski definition) is 1. The van der Waals surface area contributed by atoms with Gasteiger partial charge in [0.2, 0.25) is 5.91 Å². The monoisotopic (exact) mass is 226 g/mol. The molecule has 1 aromatic heterocycles. The number of carbonyl (C=O) groups is 1. The molecule has 15 heavy (non-hydrogen) atoms. The van der Waals surface area contributed by atoms with Gasteiger partial charge in [-0.15, -0.1) is 0 Å². The lowest BCUT2D eigenvalue weighted by Crippen LogP contribution is -2.32. The van der Waals surface area contributed by atoms with Gasteiger partial charge < -0.3 is 9.88 Å². The van der Waals surface area contributed by atoms with Crippen LogP contribution in [0.4, 0.5) is 0 Å². The predicted octanol–water partition coefficient (Wildman–Crippen LogP) is -0.464. The fourth-order valence-electron chi connectivity index (χ4n) is 0.894. The molecule has 1 N–H and O–H groups in total. The van der Waals surface area contributed by atoms with Crippen LogP contribution >= 0.6 is 11.6 Å². The molecule has 0 aromatic carbocycles. The summed E-state index contributed by atoms with van der Waals surface area (Å²) < 4.78 is 1.11. The first-order valence-electron chi connectivity index (χ1n) is 3.99. The molecule has 0 aliphatic carbocycles. The zero-order valence-corrected chi connectivity index (χ0v) is 8.36. The van der Waals surface area contributed by atoms with Gasteiger partial charge in [-0.2, -0.15) is 5.26 Å². The highest BCUT2D eigenvalue weighted by Crippen LogP contribution is 1.93. The zero-order chi connectivity index (χ0) is 11.3. The van der Waals surface area contributed by atoms with Crippen molar-refractivity contribution in [1.82, 2.24) is 14.9 Å². The molecule has 0 atom stereocenters. The van der Waals surface area contributed by atoms with Gasteiger partial charge in [-0.05, 0) is 0 Å². The second kappa shape index (κ2) is 5.12. The Morgan fingerprint density at radius 2 is 2.47 bits per heavy atom. The minimum Gasteiger partial charge on any atom is -0.341 e. The topological polar surface area (TPSA) is 87.8 Å². The van der Waals surface area contributed by atoms with E-state index < -0.39 is 11.5 Å². The molecule has 1 aromatic rings. The summed E-state index contributed by atoms with van der Waals surface area (Å²) in [6.45, 7) is -0.269. The van der Waals surface area contributed by atoms with Gasteiger partial charge in [0.15, 0.2) is 5.15 Å². The highest BCUT2D eigenvalue weighted by molar-refractivity contribution is 6.29. The van der Waals surface area contributed by atoms with E-state index in [1.54, 1.807) is 6.07 Å². The van der Waals surface area contributed by atoms with Gasteiger partial charge in [0.25, 0.3) is 5.56 Å². The molecule has 7 heteroatoms. The van der Waals surface area contributed by atoms with Crippen LogP contribution in [0.25, 0.3) is 0 Å². The van der Waals surface area contributed by atoms with Gasteiger partial charge in [0, 0.05) is 12.4 Å². The summed E-state index contributed by atoms with van der Waals surface area (Å²) in [6, 6.07) is 1.75. The summed E-state index contributed by atoms with van der Waals surface area (Å²) in [5, 5.41) is 10.3. The maximum Gasteiger partial charge on any atom is 0.288 e. The zero-order valence-electron chi connectivity index (χ0n) is 7.61. The first-order chi connectivity index (χ1) is 7.15. The van der Waals surface area contributed by atoms with E-state index in [1.807, 2.05) is 0 Å². The lowest BCUT2D eigenvalue weighted by molar-refractivity contribution is -0.121. The third-order valence-electron chi connectivity index (χ3n) is 1.55. The number of carbonyl (C=O) groups excluding carboxylic acids is 1. The Hall–Kier alpha value is -1.87. The van der Waals surface area contributed by atoms with Crippen molar-refractivity contribution in [2.24, 2.45) is 0 Å². The number of amides is 1. The summed E-state index contributed by atoms with van der Waals surface area (Å²) >= 11 is 5.47. The van der Waals surface area contributed by atoms with Crippen LogP contribution in [0, 0.1) is 11.3 Å². The molecule has 0 unspecified atom stereocenters. The van der Waals surface area contributed by atoms with Crippen LogP contribution in [-0.4, -0.2) is 22.0 Å². The van der Waals surface area contributed by atoms with E-state index in [0.717, 1.165) is 4.57 Å². The first-order valence-corrected chi connectivity index (χ1v) is 4.37.